The number of rotatable bonds is 6. The molecule has 1 aromatic heterocycles. The number of hydrogen-bond donors (Lipinski definition) is 0. The summed E-state index contributed by atoms with van der Waals surface area (Å²) in [7, 11) is 2.84. The van der Waals surface area contributed by atoms with E-state index in [1.807, 2.05) is 0 Å². The maximum Gasteiger partial charge on any atom is 0.266 e. The van der Waals surface area contributed by atoms with Crippen LogP contribution >= 0.6 is 11.8 Å². The molecule has 176 valence electrons. The molecule has 11 heteroatoms. The summed E-state index contributed by atoms with van der Waals surface area (Å²) in [4.78, 5) is 17.7. The van der Waals surface area contributed by atoms with Gasteiger partial charge in [-0.15, -0.1) is 0 Å². The van der Waals surface area contributed by atoms with Gasteiger partial charge in [-0.1, -0.05) is 23.9 Å². The van der Waals surface area contributed by atoms with Crippen LogP contribution in [0.3, 0.4) is 0 Å². The standard InChI is InChI=1S/C23H15F5N2O3S/c1-32-15-8-7-11(9-16(15)33-2)30-22(31)12-5-3-4-6-14(12)29-23(30)34-10-13-17(24)19(26)21(28)20(27)18(13)25/h3-9H,10H2,1-2H3. The maximum atomic E-state index is 14.2. The Morgan fingerprint density at radius 3 is 2.12 bits per heavy atom. The maximum absolute atomic E-state index is 14.2. The summed E-state index contributed by atoms with van der Waals surface area (Å²) in [5, 5.41) is 0.234. The molecule has 34 heavy (non-hydrogen) atoms. The van der Waals surface area contributed by atoms with E-state index in [2.05, 4.69) is 4.98 Å². The average Bonchev–Trinajstić information content (AvgIpc) is 2.86. The molecular weight excluding hydrogens is 479 g/mol. The van der Waals surface area contributed by atoms with Gasteiger partial charge < -0.3 is 9.47 Å². The van der Waals surface area contributed by atoms with Gasteiger partial charge >= 0.3 is 0 Å². The lowest BCUT2D eigenvalue weighted by Crippen LogP contribution is -2.22. The van der Waals surface area contributed by atoms with Gasteiger partial charge in [-0.3, -0.25) is 9.36 Å². The highest BCUT2D eigenvalue weighted by molar-refractivity contribution is 7.98. The minimum absolute atomic E-state index is 0.0279. The van der Waals surface area contributed by atoms with Crippen molar-refractivity contribution in [1.29, 1.82) is 0 Å². The molecule has 0 aliphatic rings. The van der Waals surface area contributed by atoms with Gasteiger partial charge in [0.05, 0.1) is 30.8 Å². The molecule has 0 saturated carbocycles. The molecule has 0 saturated heterocycles. The number of fused-ring (bicyclic) bond motifs is 1. The predicted octanol–water partition coefficient (Wildman–Crippen LogP) is 5.39. The van der Waals surface area contributed by atoms with Crippen molar-refractivity contribution >= 4 is 22.7 Å². The average molecular weight is 494 g/mol. The van der Waals surface area contributed by atoms with Crippen molar-refractivity contribution in [3.05, 3.63) is 87.5 Å². The van der Waals surface area contributed by atoms with E-state index in [1.54, 1.807) is 36.4 Å². The van der Waals surface area contributed by atoms with Crippen LogP contribution in [0.25, 0.3) is 16.6 Å². The number of thioether (sulfide) groups is 1. The first-order chi connectivity index (χ1) is 16.3. The van der Waals surface area contributed by atoms with Crippen LogP contribution in [0, 0.1) is 29.1 Å². The van der Waals surface area contributed by atoms with Gasteiger partial charge in [0, 0.05) is 17.4 Å². The second-order valence-electron chi connectivity index (χ2n) is 6.93. The number of methoxy groups -OCH3 is 2. The molecule has 0 spiro atoms. The van der Waals surface area contributed by atoms with Crippen LogP contribution in [0.15, 0.2) is 52.4 Å². The molecule has 5 nitrogen and oxygen atoms in total. The lowest BCUT2D eigenvalue weighted by molar-refractivity contribution is 0.354. The molecule has 3 aromatic carbocycles. The fraction of sp³-hybridized carbons (Fsp3) is 0.130. The summed E-state index contributed by atoms with van der Waals surface area (Å²) >= 11 is 0.643. The van der Waals surface area contributed by atoms with Crippen LogP contribution in [-0.4, -0.2) is 23.8 Å². The van der Waals surface area contributed by atoms with Gasteiger partial charge in [-0.2, -0.15) is 0 Å². The largest absolute Gasteiger partial charge is 0.493 e. The zero-order valence-electron chi connectivity index (χ0n) is 17.7. The normalized spacial score (nSPS) is 11.1. The Balaban J connectivity index is 1.88. The van der Waals surface area contributed by atoms with E-state index >= 15 is 0 Å². The van der Waals surface area contributed by atoms with Crippen molar-refractivity contribution in [3.63, 3.8) is 0 Å². The number of halogens is 5. The molecule has 0 unspecified atom stereocenters. The van der Waals surface area contributed by atoms with Crippen LogP contribution in [0.5, 0.6) is 11.5 Å². The SMILES string of the molecule is COc1ccc(-n2c(SCc3c(F)c(F)c(F)c(F)c3F)nc3ccccc3c2=O)cc1OC. The van der Waals surface area contributed by atoms with Crippen LogP contribution in [-0.2, 0) is 5.75 Å². The molecule has 0 atom stereocenters. The van der Waals surface area contributed by atoms with Crippen molar-refractivity contribution in [2.45, 2.75) is 10.9 Å². The van der Waals surface area contributed by atoms with Crippen LogP contribution in [0.1, 0.15) is 5.56 Å². The first-order valence-electron chi connectivity index (χ1n) is 9.65. The fourth-order valence-corrected chi connectivity index (χ4v) is 4.32. The molecule has 0 aliphatic heterocycles. The summed E-state index contributed by atoms with van der Waals surface area (Å²) in [5.41, 5.74) is -0.939. The quantitative estimate of drug-likeness (QED) is 0.118. The van der Waals surface area contributed by atoms with Gasteiger partial charge in [0.2, 0.25) is 5.82 Å². The lowest BCUT2D eigenvalue weighted by atomic mass is 10.2. The molecule has 4 aromatic rings. The molecule has 0 bridgehead atoms. The smallest absolute Gasteiger partial charge is 0.266 e. The van der Waals surface area contributed by atoms with E-state index in [9.17, 15) is 26.7 Å². The number of nitrogens with zero attached hydrogens (tertiary/aromatic N) is 2. The predicted molar refractivity (Wildman–Crippen MR) is 116 cm³/mol. The highest BCUT2D eigenvalue weighted by Gasteiger charge is 2.26. The van der Waals surface area contributed by atoms with Crippen molar-refractivity contribution in [3.8, 4) is 17.2 Å². The number of para-hydroxylation sites is 1. The Morgan fingerprint density at radius 2 is 1.47 bits per heavy atom. The Hall–Kier alpha value is -3.60. The van der Waals surface area contributed by atoms with Crippen molar-refractivity contribution in [2.75, 3.05) is 14.2 Å². The fourth-order valence-electron chi connectivity index (χ4n) is 3.31. The molecule has 4 rings (SSSR count). The minimum atomic E-state index is -2.24. The zero-order valence-corrected chi connectivity index (χ0v) is 18.5. The van der Waals surface area contributed by atoms with Gasteiger partial charge in [0.15, 0.2) is 39.9 Å². The van der Waals surface area contributed by atoms with Gasteiger partial charge in [0.25, 0.3) is 5.56 Å². The summed E-state index contributed by atoms with van der Waals surface area (Å²) in [6.07, 6.45) is 0. The van der Waals surface area contributed by atoms with E-state index in [0.29, 0.717) is 34.5 Å². The molecule has 0 N–H and O–H groups in total. The van der Waals surface area contributed by atoms with Crippen LogP contribution in [0.4, 0.5) is 22.0 Å². The summed E-state index contributed by atoms with van der Waals surface area (Å²) in [6.45, 7) is 0. The van der Waals surface area contributed by atoms with E-state index in [0.717, 1.165) is 0 Å². The summed E-state index contributed by atoms with van der Waals surface area (Å²) < 4.78 is 80.7. The molecule has 1 heterocycles. The first kappa shape index (κ1) is 23.6. The van der Waals surface area contributed by atoms with Gasteiger partial charge in [-0.05, 0) is 24.3 Å². The Kier molecular flexibility index (Phi) is 6.47. The molecule has 0 fully saturated rings. The topological polar surface area (TPSA) is 53.4 Å². The van der Waals surface area contributed by atoms with E-state index in [1.165, 1.54) is 24.9 Å². The van der Waals surface area contributed by atoms with Crippen LogP contribution < -0.4 is 15.0 Å². The van der Waals surface area contributed by atoms with Crippen molar-refractivity contribution in [2.24, 2.45) is 0 Å². The monoisotopic (exact) mass is 494 g/mol. The van der Waals surface area contributed by atoms with E-state index in [4.69, 9.17) is 9.47 Å². The Morgan fingerprint density at radius 1 is 0.853 bits per heavy atom. The summed E-state index contributed by atoms with van der Waals surface area (Å²) in [6, 6.07) is 11.0. The molecule has 0 amide bonds. The number of benzene rings is 3. The first-order valence-corrected chi connectivity index (χ1v) is 10.6. The molecule has 0 aliphatic carbocycles. The van der Waals surface area contributed by atoms with E-state index < -0.39 is 46.0 Å². The third-order valence-corrected chi connectivity index (χ3v) is 5.98. The second kappa shape index (κ2) is 9.34. The highest BCUT2D eigenvalue weighted by Crippen LogP contribution is 2.33. The van der Waals surface area contributed by atoms with Gasteiger partial charge in [-0.25, -0.2) is 26.9 Å². The van der Waals surface area contributed by atoms with Crippen molar-refractivity contribution in [1.82, 2.24) is 9.55 Å². The third-order valence-electron chi connectivity index (χ3n) is 5.02. The van der Waals surface area contributed by atoms with Crippen LogP contribution in [0.2, 0.25) is 0 Å². The Bertz CT molecular complexity index is 1450. The third kappa shape index (κ3) is 3.96. The second-order valence-corrected chi connectivity index (χ2v) is 7.87. The lowest BCUT2D eigenvalue weighted by Gasteiger charge is -2.16. The number of aromatic nitrogens is 2. The molecule has 0 radical (unpaired) electrons. The van der Waals surface area contributed by atoms with Gasteiger partial charge in [0.1, 0.15) is 0 Å². The Labute approximate surface area is 193 Å². The highest BCUT2D eigenvalue weighted by atomic mass is 32.2. The number of hydrogen-bond acceptors (Lipinski definition) is 5. The zero-order chi connectivity index (χ0) is 24.6. The van der Waals surface area contributed by atoms with Crippen molar-refractivity contribution < 1.29 is 31.4 Å². The summed E-state index contributed by atoms with van der Waals surface area (Å²) in [5.74, 6) is -10.2. The van der Waals surface area contributed by atoms with E-state index in [-0.39, 0.29) is 10.5 Å². The minimum Gasteiger partial charge on any atom is -0.493 e. The number of ether oxygens (including phenoxy) is 2. The molecular formula is C23H15F5N2O3S.